The van der Waals surface area contributed by atoms with Crippen LogP contribution in [0.3, 0.4) is 0 Å². The van der Waals surface area contributed by atoms with Crippen molar-refractivity contribution in [1.29, 1.82) is 5.26 Å². The summed E-state index contributed by atoms with van der Waals surface area (Å²) in [4.78, 5) is 20.9. The highest BCUT2D eigenvalue weighted by Crippen LogP contribution is 2.22. The molecular formula is C20H20F3N7O2. The van der Waals surface area contributed by atoms with Gasteiger partial charge in [-0.3, -0.25) is 4.79 Å². The number of fused-ring (bicyclic) bond motifs is 1. The largest absolute Gasteiger partial charge is 0.379 e. The number of carbonyl (C=O) groups is 1. The van der Waals surface area contributed by atoms with Gasteiger partial charge >= 0.3 is 0 Å². The second kappa shape index (κ2) is 9.61. The number of pyridine rings is 2. The summed E-state index contributed by atoms with van der Waals surface area (Å²) in [5, 5.41) is 28.2. The van der Waals surface area contributed by atoms with Crippen molar-refractivity contribution in [3.8, 4) is 11.9 Å². The molecule has 0 aliphatic carbocycles. The van der Waals surface area contributed by atoms with Gasteiger partial charge in [0.15, 0.2) is 17.7 Å². The molecule has 0 bridgehead atoms. The molecule has 1 unspecified atom stereocenters. The van der Waals surface area contributed by atoms with E-state index in [4.69, 9.17) is 5.26 Å². The Bertz CT molecular complexity index is 1160. The summed E-state index contributed by atoms with van der Waals surface area (Å²) in [6, 6.07) is 4.85. The van der Waals surface area contributed by atoms with Crippen LogP contribution >= 0.6 is 0 Å². The van der Waals surface area contributed by atoms with Crippen LogP contribution in [0, 0.1) is 17.2 Å². The lowest BCUT2D eigenvalue weighted by atomic mass is 10.1. The van der Waals surface area contributed by atoms with Crippen LogP contribution in [-0.2, 0) is 0 Å². The van der Waals surface area contributed by atoms with E-state index in [0.29, 0.717) is 16.6 Å². The number of anilines is 1. The first-order valence-corrected chi connectivity index (χ1v) is 9.60. The summed E-state index contributed by atoms with van der Waals surface area (Å²) >= 11 is 0. The fourth-order valence-electron chi connectivity index (χ4n) is 2.88. The number of nitrogens with zero attached hydrogens (tertiary/aromatic N) is 5. The summed E-state index contributed by atoms with van der Waals surface area (Å²) in [7, 11) is 0. The Hall–Kier alpha value is -3.72. The molecule has 3 rings (SSSR count). The Morgan fingerprint density at radius 3 is 2.62 bits per heavy atom. The number of rotatable bonds is 8. The molecular weight excluding hydrogens is 427 g/mol. The maximum Gasteiger partial charge on any atom is 0.257 e. The van der Waals surface area contributed by atoms with Crippen LogP contribution in [0.15, 0.2) is 30.7 Å². The fraction of sp³-hybridized carbons (Fsp3) is 0.350. The van der Waals surface area contributed by atoms with Crippen LogP contribution in [0.2, 0.25) is 0 Å². The smallest absolute Gasteiger partial charge is 0.257 e. The van der Waals surface area contributed by atoms with Gasteiger partial charge in [0.1, 0.15) is 12.2 Å². The number of hydrogen-bond donors (Lipinski definition) is 3. The van der Waals surface area contributed by atoms with E-state index < -0.39 is 37.2 Å². The highest BCUT2D eigenvalue weighted by molar-refractivity contribution is 5.99. The number of aliphatic hydroxyl groups is 1. The van der Waals surface area contributed by atoms with E-state index in [2.05, 4.69) is 25.7 Å². The quantitative estimate of drug-likeness (QED) is 0.452. The summed E-state index contributed by atoms with van der Waals surface area (Å²) in [5.41, 5.74) is 0.515. The number of aromatic nitrogens is 4. The van der Waals surface area contributed by atoms with Gasteiger partial charge in [0, 0.05) is 23.8 Å². The Morgan fingerprint density at radius 2 is 1.97 bits per heavy atom. The minimum Gasteiger partial charge on any atom is -0.379 e. The molecule has 1 amide bonds. The van der Waals surface area contributed by atoms with Crippen molar-refractivity contribution in [2.45, 2.75) is 32.7 Å². The van der Waals surface area contributed by atoms with Gasteiger partial charge in [0.25, 0.3) is 12.3 Å². The Morgan fingerprint density at radius 1 is 1.22 bits per heavy atom. The van der Waals surface area contributed by atoms with Crippen LogP contribution in [-0.4, -0.2) is 56.1 Å². The molecule has 3 heterocycles. The molecule has 0 saturated carbocycles. The normalized spacial score (nSPS) is 13.2. The molecule has 3 aromatic heterocycles. The Balaban J connectivity index is 1.96. The van der Waals surface area contributed by atoms with E-state index >= 15 is 0 Å². The van der Waals surface area contributed by atoms with Crippen molar-refractivity contribution in [2.24, 2.45) is 5.92 Å². The fourth-order valence-corrected chi connectivity index (χ4v) is 2.88. The zero-order chi connectivity index (χ0) is 23.4. The van der Waals surface area contributed by atoms with Gasteiger partial charge in [-0.15, -0.1) is 0 Å². The minimum absolute atomic E-state index is 0.0164. The third-order valence-corrected chi connectivity index (χ3v) is 4.55. The molecule has 9 nitrogen and oxygen atoms in total. The lowest BCUT2D eigenvalue weighted by molar-refractivity contribution is 0.0249. The number of nitrogens with one attached hydrogen (secondary N) is 2. The van der Waals surface area contributed by atoms with E-state index in [1.807, 2.05) is 6.07 Å². The molecule has 0 aliphatic heterocycles. The maximum atomic E-state index is 14.0. The molecule has 168 valence electrons. The van der Waals surface area contributed by atoms with Crippen molar-refractivity contribution in [2.75, 3.05) is 11.9 Å². The van der Waals surface area contributed by atoms with E-state index in [9.17, 15) is 23.1 Å². The molecule has 32 heavy (non-hydrogen) atoms. The second-order valence-electron chi connectivity index (χ2n) is 7.27. The molecule has 3 N–H and O–H groups in total. The number of amides is 1. The minimum atomic E-state index is -2.71. The highest BCUT2D eigenvalue weighted by Gasteiger charge is 2.25. The van der Waals surface area contributed by atoms with Gasteiger partial charge < -0.3 is 15.7 Å². The zero-order valence-electron chi connectivity index (χ0n) is 17.1. The number of halogens is 3. The van der Waals surface area contributed by atoms with E-state index in [0.717, 1.165) is 6.20 Å². The highest BCUT2D eigenvalue weighted by atomic mass is 19.3. The van der Waals surface area contributed by atoms with Crippen LogP contribution < -0.4 is 10.6 Å². The third kappa shape index (κ3) is 4.94. The zero-order valence-corrected chi connectivity index (χ0v) is 17.1. The van der Waals surface area contributed by atoms with E-state index in [1.54, 1.807) is 6.07 Å². The predicted octanol–water partition coefficient (Wildman–Crippen LogP) is 2.41. The van der Waals surface area contributed by atoms with Crippen molar-refractivity contribution in [3.05, 3.63) is 41.9 Å². The van der Waals surface area contributed by atoms with E-state index in [1.165, 1.54) is 37.0 Å². The Labute approximate surface area is 180 Å². The molecule has 2 atom stereocenters. The topological polar surface area (TPSA) is 129 Å². The summed E-state index contributed by atoms with van der Waals surface area (Å²) in [5.74, 6) is -1.28. The lowest BCUT2D eigenvalue weighted by Gasteiger charge is -2.21. The number of hydrogen-bond acceptors (Lipinski definition) is 7. The van der Waals surface area contributed by atoms with Gasteiger partial charge in [0.2, 0.25) is 0 Å². The van der Waals surface area contributed by atoms with Crippen LogP contribution in [0.4, 0.5) is 18.9 Å². The predicted molar refractivity (Wildman–Crippen MR) is 109 cm³/mol. The number of aliphatic hydroxyl groups excluding tert-OH is 1. The SMILES string of the molecule is CC(C)C(F)[C@@H](O)NC(=O)c1cnc(-n2ncc3cc(C#N)cnc32)cc1NCC(F)F. The van der Waals surface area contributed by atoms with Gasteiger partial charge in [-0.2, -0.15) is 15.0 Å². The first kappa shape index (κ1) is 23.0. The lowest BCUT2D eigenvalue weighted by Crippen LogP contribution is -2.43. The Kier molecular flexibility index (Phi) is 6.89. The molecule has 0 aliphatic rings. The molecule has 0 spiro atoms. The average molecular weight is 447 g/mol. The average Bonchev–Trinajstić information content (AvgIpc) is 3.19. The molecule has 0 aromatic carbocycles. The number of alkyl halides is 3. The van der Waals surface area contributed by atoms with Crippen LogP contribution in [0.25, 0.3) is 16.9 Å². The summed E-state index contributed by atoms with van der Waals surface area (Å²) in [6.45, 7) is 2.32. The summed E-state index contributed by atoms with van der Waals surface area (Å²) < 4.78 is 40.9. The third-order valence-electron chi connectivity index (χ3n) is 4.55. The van der Waals surface area contributed by atoms with Crippen molar-refractivity contribution in [1.82, 2.24) is 25.1 Å². The van der Waals surface area contributed by atoms with Crippen molar-refractivity contribution in [3.63, 3.8) is 0 Å². The monoisotopic (exact) mass is 447 g/mol. The maximum absolute atomic E-state index is 14.0. The molecule has 0 fully saturated rings. The van der Waals surface area contributed by atoms with Crippen molar-refractivity contribution >= 4 is 22.6 Å². The second-order valence-corrected chi connectivity index (χ2v) is 7.27. The number of carbonyl (C=O) groups excluding carboxylic acids is 1. The van der Waals surface area contributed by atoms with Gasteiger partial charge in [0.05, 0.1) is 29.6 Å². The summed E-state index contributed by atoms with van der Waals surface area (Å²) in [6.07, 6.45) is -2.29. The van der Waals surface area contributed by atoms with Crippen molar-refractivity contribution < 1.29 is 23.1 Å². The molecule has 3 aromatic rings. The first-order valence-electron chi connectivity index (χ1n) is 9.60. The first-order chi connectivity index (χ1) is 15.2. The van der Waals surface area contributed by atoms with Gasteiger partial charge in [-0.25, -0.2) is 23.1 Å². The van der Waals surface area contributed by atoms with Gasteiger partial charge in [-0.1, -0.05) is 13.8 Å². The number of nitriles is 1. The van der Waals surface area contributed by atoms with Crippen LogP contribution in [0.1, 0.15) is 29.8 Å². The standard InChI is InChI=1S/C20H20F3N7O2/c1-10(2)17(23)20(32)29-19(31)13-8-26-16(4-14(13)25-9-15(21)22)30-18-12(7-28-30)3-11(5-24)6-27-18/h3-4,6-8,10,15,17,20,32H,9H2,1-2H3,(H,25,26)(H,29,31)/t17?,20-/m1/s1. The van der Waals surface area contributed by atoms with Crippen LogP contribution in [0.5, 0.6) is 0 Å². The molecule has 12 heteroatoms. The molecule has 0 radical (unpaired) electrons. The van der Waals surface area contributed by atoms with E-state index in [-0.39, 0.29) is 17.1 Å². The molecule has 0 saturated heterocycles. The van der Waals surface area contributed by atoms with Gasteiger partial charge in [-0.05, 0) is 12.0 Å².